The van der Waals surface area contributed by atoms with Gasteiger partial charge < -0.3 is 0 Å². The molecule has 1 atom stereocenters. The molecule has 1 unspecified atom stereocenters. The van der Waals surface area contributed by atoms with Gasteiger partial charge in [-0.2, -0.15) is 0 Å². The van der Waals surface area contributed by atoms with Gasteiger partial charge in [0.1, 0.15) is 0 Å². The van der Waals surface area contributed by atoms with Crippen molar-refractivity contribution in [1.29, 1.82) is 0 Å². The first-order chi connectivity index (χ1) is 8.84. The van der Waals surface area contributed by atoms with Crippen LogP contribution in [0.2, 0.25) is 0 Å². The lowest BCUT2D eigenvalue weighted by molar-refractivity contribution is -0.127. The minimum absolute atomic E-state index is 0.0969. The Morgan fingerprint density at radius 2 is 1.72 bits per heavy atom. The van der Waals surface area contributed by atoms with Gasteiger partial charge in [-0.1, -0.05) is 42.5 Å². The van der Waals surface area contributed by atoms with Crippen molar-refractivity contribution in [3.63, 3.8) is 0 Å². The minimum Gasteiger partial charge on any atom is -0.296 e. The van der Waals surface area contributed by atoms with E-state index >= 15 is 0 Å². The van der Waals surface area contributed by atoms with E-state index in [2.05, 4.69) is 5.48 Å². The topological polar surface area (TPSA) is 38.3 Å². The molecule has 0 aromatic heterocycles. The number of rotatable bonds is 3. The van der Waals surface area contributed by atoms with Crippen LogP contribution in [0, 0.1) is 0 Å². The molecule has 0 radical (unpaired) electrons. The highest BCUT2D eigenvalue weighted by Crippen LogP contribution is 2.31. The van der Waals surface area contributed by atoms with E-state index in [0.29, 0.717) is 6.42 Å². The van der Waals surface area contributed by atoms with E-state index < -0.39 is 6.10 Å². The Balaban J connectivity index is 1.76. The van der Waals surface area contributed by atoms with E-state index in [-0.39, 0.29) is 5.78 Å². The standard InChI is InChI=1S/C15H13NO2/c17-14-10-11-6-4-5-9-13(11)15(14)18-16-12-7-2-1-3-8-12/h1-9,15-16H,10H2. The van der Waals surface area contributed by atoms with Gasteiger partial charge in [0.25, 0.3) is 0 Å². The maximum absolute atomic E-state index is 11.9. The number of hydrogen-bond donors (Lipinski definition) is 1. The zero-order valence-electron chi connectivity index (χ0n) is 9.80. The van der Waals surface area contributed by atoms with Crippen LogP contribution in [0.3, 0.4) is 0 Å². The number of fused-ring (bicyclic) bond motifs is 1. The monoisotopic (exact) mass is 239 g/mol. The lowest BCUT2D eigenvalue weighted by atomic mass is 10.1. The average Bonchev–Trinajstić information content (AvgIpc) is 2.73. The Bertz CT molecular complexity index is 566. The molecule has 3 rings (SSSR count). The van der Waals surface area contributed by atoms with Gasteiger partial charge in [-0.15, -0.1) is 0 Å². The molecule has 3 nitrogen and oxygen atoms in total. The molecule has 0 fully saturated rings. The van der Waals surface area contributed by atoms with Crippen LogP contribution in [-0.2, 0) is 16.1 Å². The first-order valence-corrected chi connectivity index (χ1v) is 5.92. The molecule has 1 N–H and O–H groups in total. The molecule has 0 spiro atoms. The molecule has 90 valence electrons. The predicted molar refractivity (Wildman–Crippen MR) is 69.0 cm³/mol. The van der Waals surface area contributed by atoms with E-state index in [1.54, 1.807) is 0 Å². The zero-order valence-corrected chi connectivity index (χ0v) is 9.80. The summed E-state index contributed by atoms with van der Waals surface area (Å²) in [5, 5.41) is 0. The van der Waals surface area contributed by atoms with Gasteiger partial charge in [-0.25, -0.2) is 0 Å². The molecule has 0 saturated heterocycles. The fraction of sp³-hybridized carbons (Fsp3) is 0.133. The van der Waals surface area contributed by atoms with Crippen LogP contribution in [0.5, 0.6) is 0 Å². The molecule has 0 saturated carbocycles. The van der Waals surface area contributed by atoms with E-state index in [9.17, 15) is 4.79 Å². The second-order valence-corrected chi connectivity index (χ2v) is 4.31. The Hall–Kier alpha value is -2.13. The third kappa shape index (κ3) is 2.00. The Kier molecular flexibility index (Phi) is 2.82. The smallest absolute Gasteiger partial charge is 0.173 e. The van der Waals surface area contributed by atoms with Gasteiger partial charge >= 0.3 is 0 Å². The van der Waals surface area contributed by atoms with Crippen molar-refractivity contribution < 1.29 is 9.63 Å². The summed E-state index contributed by atoms with van der Waals surface area (Å²) >= 11 is 0. The van der Waals surface area contributed by atoms with Crippen molar-refractivity contribution in [3.8, 4) is 0 Å². The maximum atomic E-state index is 11.9. The average molecular weight is 239 g/mol. The fourth-order valence-electron chi connectivity index (χ4n) is 2.17. The summed E-state index contributed by atoms with van der Waals surface area (Å²) in [5.74, 6) is 0.0969. The van der Waals surface area contributed by atoms with Crippen molar-refractivity contribution in [1.82, 2.24) is 0 Å². The van der Waals surface area contributed by atoms with Gasteiger partial charge in [0.2, 0.25) is 0 Å². The summed E-state index contributed by atoms with van der Waals surface area (Å²) in [5.41, 5.74) is 5.70. The molecule has 0 aliphatic heterocycles. The second-order valence-electron chi connectivity index (χ2n) is 4.31. The van der Waals surface area contributed by atoms with Crippen LogP contribution in [0.1, 0.15) is 17.2 Å². The molecule has 2 aromatic rings. The molecule has 3 heteroatoms. The molecule has 1 aliphatic rings. The molecule has 0 heterocycles. The third-order valence-corrected chi connectivity index (χ3v) is 3.06. The lowest BCUT2D eigenvalue weighted by Gasteiger charge is -2.13. The van der Waals surface area contributed by atoms with Crippen LogP contribution in [0.4, 0.5) is 5.69 Å². The predicted octanol–water partition coefficient (Wildman–Crippen LogP) is 2.90. The normalized spacial score (nSPS) is 17.6. The summed E-state index contributed by atoms with van der Waals surface area (Å²) in [6.07, 6.45) is -0.0430. The number of carbonyl (C=O) groups excluding carboxylic acids is 1. The Labute approximate surface area is 105 Å². The highest BCUT2D eigenvalue weighted by atomic mass is 16.7. The van der Waals surface area contributed by atoms with Gasteiger partial charge in [-0.3, -0.25) is 15.1 Å². The number of Topliss-reactive ketones (excluding diaryl/α,β-unsaturated/α-hetero) is 1. The third-order valence-electron chi connectivity index (χ3n) is 3.06. The zero-order chi connectivity index (χ0) is 12.4. The van der Waals surface area contributed by atoms with Gasteiger partial charge in [0, 0.05) is 6.42 Å². The SMILES string of the molecule is O=C1Cc2ccccc2C1ONc1ccccc1. The molecule has 0 amide bonds. The van der Waals surface area contributed by atoms with E-state index in [0.717, 1.165) is 16.8 Å². The highest BCUT2D eigenvalue weighted by Gasteiger charge is 2.31. The number of nitrogens with one attached hydrogen (secondary N) is 1. The largest absolute Gasteiger partial charge is 0.296 e. The van der Waals surface area contributed by atoms with Gasteiger partial charge in [0.05, 0.1) is 5.69 Å². The Morgan fingerprint density at radius 3 is 2.56 bits per heavy atom. The summed E-state index contributed by atoms with van der Waals surface area (Å²) in [6.45, 7) is 0. The summed E-state index contributed by atoms with van der Waals surface area (Å²) in [7, 11) is 0. The number of hydrogen-bond acceptors (Lipinski definition) is 3. The number of ketones is 1. The van der Waals surface area contributed by atoms with E-state index in [1.807, 2.05) is 54.6 Å². The first kappa shape index (κ1) is 11.0. The summed E-state index contributed by atoms with van der Waals surface area (Å²) < 4.78 is 0. The van der Waals surface area contributed by atoms with Crippen LogP contribution >= 0.6 is 0 Å². The molecule has 0 bridgehead atoms. The molecule has 1 aliphatic carbocycles. The molecule has 2 aromatic carbocycles. The summed E-state index contributed by atoms with van der Waals surface area (Å²) in [4.78, 5) is 17.4. The van der Waals surface area contributed by atoms with Crippen LogP contribution < -0.4 is 5.48 Å². The van der Waals surface area contributed by atoms with Crippen molar-refractivity contribution in [2.45, 2.75) is 12.5 Å². The van der Waals surface area contributed by atoms with Crippen molar-refractivity contribution in [2.75, 3.05) is 5.48 Å². The number of anilines is 1. The number of para-hydroxylation sites is 1. The van der Waals surface area contributed by atoms with Crippen molar-refractivity contribution in [2.24, 2.45) is 0 Å². The van der Waals surface area contributed by atoms with Crippen molar-refractivity contribution in [3.05, 3.63) is 65.7 Å². The molecular formula is C15H13NO2. The van der Waals surface area contributed by atoms with Gasteiger partial charge in [0.15, 0.2) is 11.9 Å². The Morgan fingerprint density at radius 1 is 1.00 bits per heavy atom. The maximum Gasteiger partial charge on any atom is 0.173 e. The number of benzene rings is 2. The lowest BCUT2D eigenvalue weighted by Crippen LogP contribution is -2.14. The summed E-state index contributed by atoms with van der Waals surface area (Å²) in [6, 6.07) is 17.3. The van der Waals surface area contributed by atoms with Crippen LogP contribution in [-0.4, -0.2) is 5.78 Å². The molecular weight excluding hydrogens is 226 g/mol. The van der Waals surface area contributed by atoms with Crippen LogP contribution in [0.15, 0.2) is 54.6 Å². The van der Waals surface area contributed by atoms with Gasteiger partial charge in [-0.05, 0) is 23.3 Å². The van der Waals surface area contributed by atoms with E-state index in [4.69, 9.17) is 4.84 Å². The molecule has 18 heavy (non-hydrogen) atoms. The quantitative estimate of drug-likeness (QED) is 0.837. The fourth-order valence-corrected chi connectivity index (χ4v) is 2.17. The minimum atomic E-state index is -0.499. The van der Waals surface area contributed by atoms with Crippen LogP contribution in [0.25, 0.3) is 0 Å². The second kappa shape index (κ2) is 4.63. The highest BCUT2D eigenvalue weighted by molar-refractivity contribution is 5.91. The van der Waals surface area contributed by atoms with E-state index in [1.165, 1.54) is 0 Å². The first-order valence-electron chi connectivity index (χ1n) is 5.92. The number of carbonyl (C=O) groups is 1. The van der Waals surface area contributed by atoms with Crippen molar-refractivity contribution >= 4 is 11.5 Å².